The van der Waals surface area contributed by atoms with Gasteiger partial charge in [0.05, 0.1) is 18.8 Å². The van der Waals surface area contributed by atoms with Crippen molar-refractivity contribution < 1.29 is 18.3 Å². The van der Waals surface area contributed by atoms with Crippen LogP contribution in [0.25, 0.3) is 17.2 Å². The number of allylic oxidation sites excluding steroid dienone is 1. The van der Waals surface area contributed by atoms with Gasteiger partial charge in [0.15, 0.2) is 0 Å². The molecule has 6 heteroatoms. The van der Waals surface area contributed by atoms with Crippen LogP contribution < -0.4 is 5.01 Å². The second-order valence-corrected chi connectivity index (χ2v) is 9.87. The van der Waals surface area contributed by atoms with E-state index in [4.69, 9.17) is 0 Å². The average molecular weight is 489 g/mol. The Labute approximate surface area is 208 Å². The van der Waals surface area contributed by atoms with Crippen LogP contribution in [-0.4, -0.2) is 23.5 Å². The van der Waals surface area contributed by atoms with Gasteiger partial charge in [-0.3, -0.25) is 5.01 Å². The van der Waals surface area contributed by atoms with Crippen molar-refractivity contribution in [2.45, 2.75) is 44.9 Å². The SMILES string of the molecule is OCc1cccc2c1CCc1c-2ccc2c1CCC(CC1CN(c3ccccc3)N=C1C(F)(F)F)=C2. The highest BCUT2D eigenvalue weighted by Crippen LogP contribution is 2.42. The first-order chi connectivity index (χ1) is 17.4. The van der Waals surface area contributed by atoms with Crippen LogP contribution in [0.1, 0.15) is 40.7 Å². The van der Waals surface area contributed by atoms with Crippen molar-refractivity contribution in [1.29, 1.82) is 0 Å². The van der Waals surface area contributed by atoms with Gasteiger partial charge in [0, 0.05) is 5.92 Å². The lowest BCUT2D eigenvalue weighted by Crippen LogP contribution is -2.30. The van der Waals surface area contributed by atoms with Crippen LogP contribution in [0, 0.1) is 5.92 Å². The molecule has 36 heavy (non-hydrogen) atoms. The number of nitrogens with zero attached hydrogens (tertiary/aromatic N) is 2. The van der Waals surface area contributed by atoms with Crippen molar-refractivity contribution in [3.8, 4) is 11.1 Å². The number of hydrazone groups is 1. The smallest absolute Gasteiger partial charge is 0.392 e. The number of fused-ring (bicyclic) bond motifs is 5. The number of aliphatic hydroxyl groups excluding tert-OH is 1. The van der Waals surface area contributed by atoms with Gasteiger partial charge in [0.25, 0.3) is 0 Å². The van der Waals surface area contributed by atoms with Crippen molar-refractivity contribution >= 4 is 17.5 Å². The summed E-state index contributed by atoms with van der Waals surface area (Å²) in [6.07, 6.45) is 1.45. The minimum absolute atomic E-state index is 0.0433. The molecule has 3 aliphatic rings. The fourth-order valence-corrected chi connectivity index (χ4v) is 6.08. The van der Waals surface area contributed by atoms with E-state index in [1.54, 1.807) is 12.1 Å². The van der Waals surface area contributed by atoms with E-state index in [-0.39, 0.29) is 13.2 Å². The molecule has 0 amide bonds. The van der Waals surface area contributed by atoms with Gasteiger partial charge in [-0.25, -0.2) is 0 Å². The third kappa shape index (κ3) is 4.03. The molecule has 0 fully saturated rings. The van der Waals surface area contributed by atoms with E-state index in [1.807, 2.05) is 30.3 Å². The van der Waals surface area contributed by atoms with Gasteiger partial charge < -0.3 is 5.11 Å². The van der Waals surface area contributed by atoms with Gasteiger partial charge in [-0.15, -0.1) is 0 Å². The lowest BCUT2D eigenvalue weighted by atomic mass is 9.77. The Morgan fingerprint density at radius 3 is 2.36 bits per heavy atom. The number of halogens is 3. The second-order valence-electron chi connectivity index (χ2n) is 9.87. The molecule has 0 aromatic heterocycles. The number of rotatable bonds is 4. The molecule has 0 saturated heterocycles. The van der Waals surface area contributed by atoms with Crippen molar-refractivity contribution in [1.82, 2.24) is 0 Å². The minimum Gasteiger partial charge on any atom is -0.392 e. The maximum atomic E-state index is 13.9. The average Bonchev–Trinajstić information content (AvgIpc) is 3.32. The van der Waals surface area contributed by atoms with Crippen molar-refractivity contribution in [3.05, 3.63) is 94.1 Å². The Bertz CT molecular complexity index is 1370. The highest BCUT2D eigenvalue weighted by molar-refractivity contribution is 5.95. The zero-order valence-electron chi connectivity index (χ0n) is 19.9. The summed E-state index contributed by atoms with van der Waals surface area (Å²) in [5.41, 5.74) is 9.47. The van der Waals surface area contributed by atoms with E-state index in [0.717, 1.165) is 42.4 Å². The van der Waals surface area contributed by atoms with E-state index in [2.05, 4.69) is 29.4 Å². The predicted octanol–water partition coefficient (Wildman–Crippen LogP) is 6.72. The van der Waals surface area contributed by atoms with Crippen LogP contribution in [0.15, 0.2) is 71.3 Å². The van der Waals surface area contributed by atoms with Gasteiger partial charge in [0.1, 0.15) is 5.71 Å². The Morgan fingerprint density at radius 1 is 0.833 bits per heavy atom. The summed E-state index contributed by atoms with van der Waals surface area (Å²) in [5.74, 6) is -0.681. The molecule has 0 radical (unpaired) electrons. The van der Waals surface area contributed by atoms with E-state index in [1.165, 1.54) is 32.8 Å². The summed E-state index contributed by atoms with van der Waals surface area (Å²) < 4.78 is 41.6. The van der Waals surface area contributed by atoms with E-state index < -0.39 is 17.8 Å². The first-order valence-corrected chi connectivity index (χ1v) is 12.5. The highest BCUT2D eigenvalue weighted by Gasteiger charge is 2.45. The van der Waals surface area contributed by atoms with Crippen LogP contribution in [0.4, 0.5) is 18.9 Å². The predicted molar refractivity (Wildman–Crippen MR) is 137 cm³/mol. The van der Waals surface area contributed by atoms with E-state index in [0.29, 0.717) is 12.1 Å². The summed E-state index contributed by atoms with van der Waals surface area (Å²) in [6.45, 7) is 0.277. The standard InChI is InChI=1S/C30H27F3N2O/c31-30(32,33)29-22(17-35(34-29)23-6-2-1-3-7-23)16-19-9-11-24-20(15-19)10-12-28-26-8-4-5-21(18-36)25(26)13-14-27(24)28/h1-8,10,12,15,22,36H,9,11,13-14,16-18H2. The molecule has 3 aromatic carbocycles. The van der Waals surface area contributed by atoms with Crippen LogP contribution in [-0.2, 0) is 25.9 Å². The van der Waals surface area contributed by atoms with Gasteiger partial charge in [0.2, 0.25) is 0 Å². The summed E-state index contributed by atoms with van der Waals surface area (Å²) in [5, 5.41) is 15.2. The minimum atomic E-state index is -4.44. The monoisotopic (exact) mass is 488 g/mol. The normalized spacial score (nSPS) is 18.8. The number of hydrogen-bond donors (Lipinski definition) is 1. The lowest BCUT2D eigenvalue weighted by molar-refractivity contribution is -0.0619. The molecule has 0 spiro atoms. The number of hydrogen-bond acceptors (Lipinski definition) is 3. The summed E-state index contributed by atoms with van der Waals surface area (Å²) in [7, 11) is 0. The van der Waals surface area contributed by atoms with Crippen molar-refractivity contribution in [3.63, 3.8) is 0 Å². The molecular formula is C30H27F3N2O. The highest BCUT2D eigenvalue weighted by atomic mass is 19.4. The van der Waals surface area contributed by atoms with Crippen LogP contribution in [0.5, 0.6) is 0 Å². The zero-order valence-corrected chi connectivity index (χ0v) is 19.9. The third-order valence-corrected chi connectivity index (χ3v) is 7.74. The fraction of sp³-hybridized carbons (Fsp3) is 0.300. The summed E-state index contributed by atoms with van der Waals surface area (Å²) in [6, 6.07) is 19.4. The van der Waals surface area contributed by atoms with Crippen LogP contribution >= 0.6 is 0 Å². The Balaban J connectivity index is 1.28. The van der Waals surface area contributed by atoms with Crippen molar-refractivity contribution in [2.75, 3.05) is 11.6 Å². The van der Waals surface area contributed by atoms with Gasteiger partial charge in [-0.2, -0.15) is 18.3 Å². The molecule has 1 N–H and O–H groups in total. The molecule has 2 aliphatic carbocycles. The molecule has 3 nitrogen and oxygen atoms in total. The Morgan fingerprint density at radius 2 is 1.58 bits per heavy atom. The number of para-hydroxylation sites is 1. The van der Waals surface area contributed by atoms with Crippen LogP contribution in [0.2, 0.25) is 0 Å². The quantitative estimate of drug-likeness (QED) is 0.443. The molecule has 6 rings (SSSR count). The van der Waals surface area contributed by atoms with Crippen LogP contribution in [0.3, 0.4) is 0 Å². The molecule has 1 aliphatic heterocycles. The number of alkyl halides is 3. The number of anilines is 1. The van der Waals surface area contributed by atoms with Gasteiger partial charge in [-0.1, -0.05) is 60.2 Å². The summed E-state index contributed by atoms with van der Waals surface area (Å²) >= 11 is 0. The van der Waals surface area contributed by atoms with Crippen molar-refractivity contribution in [2.24, 2.45) is 11.0 Å². The van der Waals surface area contributed by atoms with Gasteiger partial charge >= 0.3 is 6.18 Å². The molecule has 0 saturated carbocycles. The topological polar surface area (TPSA) is 35.8 Å². The second kappa shape index (κ2) is 8.93. The van der Waals surface area contributed by atoms with E-state index in [9.17, 15) is 18.3 Å². The molecule has 1 heterocycles. The zero-order chi connectivity index (χ0) is 24.9. The number of benzene rings is 3. The number of aliphatic hydroxyl groups is 1. The lowest BCUT2D eigenvalue weighted by Gasteiger charge is -2.28. The van der Waals surface area contributed by atoms with E-state index >= 15 is 0 Å². The molecular weight excluding hydrogens is 461 g/mol. The molecule has 1 atom stereocenters. The Hall–Kier alpha value is -3.38. The summed E-state index contributed by atoms with van der Waals surface area (Å²) in [4.78, 5) is 0. The maximum Gasteiger partial charge on any atom is 0.431 e. The molecule has 3 aromatic rings. The molecule has 1 unspecified atom stereocenters. The third-order valence-electron chi connectivity index (χ3n) is 7.74. The molecule has 0 bridgehead atoms. The molecule has 184 valence electrons. The fourth-order valence-electron chi connectivity index (χ4n) is 6.08. The Kier molecular flexibility index (Phi) is 5.72. The first kappa shape index (κ1) is 23.0. The largest absolute Gasteiger partial charge is 0.431 e. The van der Waals surface area contributed by atoms with Gasteiger partial charge in [-0.05, 0) is 83.2 Å². The maximum absolute atomic E-state index is 13.9. The first-order valence-electron chi connectivity index (χ1n) is 12.5.